The number of carbonyl (C=O) groups excluding carboxylic acids is 1. The second-order valence-electron chi connectivity index (χ2n) is 15.3. The minimum Gasteiger partial charge on any atom is -0.459 e. The SMILES string of the molecule is CO[C@@](C(=O)O[C@H]1CC[C@@]2(C)C(=CC[C@H]3[C@@H]4CC[C@H]([C@H](C)CCCC(C)C)[C@@]4(C)CC[C@@H]32)C1)(c1ccccc1)C(F)(F)F. The highest BCUT2D eigenvalue weighted by atomic mass is 19.4. The van der Waals surface area contributed by atoms with Gasteiger partial charge in [0.05, 0.1) is 0 Å². The van der Waals surface area contributed by atoms with Gasteiger partial charge in [-0.25, -0.2) is 4.79 Å². The zero-order valence-corrected chi connectivity index (χ0v) is 27.1. The number of methoxy groups -OCH3 is 1. The Morgan fingerprint density at radius 3 is 2.35 bits per heavy atom. The first-order chi connectivity index (χ1) is 20.3. The van der Waals surface area contributed by atoms with Crippen molar-refractivity contribution in [1.82, 2.24) is 0 Å². The van der Waals surface area contributed by atoms with Crippen LogP contribution >= 0.6 is 0 Å². The number of rotatable bonds is 9. The Morgan fingerprint density at radius 2 is 1.70 bits per heavy atom. The van der Waals surface area contributed by atoms with E-state index in [9.17, 15) is 18.0 Å². The van der Waals surface area contributed by atoms with Gasteiger partial charge in [0, 0.05) is 19.1 Å². The molecule has 0 bridgehead atoms. The number of fused-ring (bicyclic) bond motifs is 5. The molecule has 3 nitrogen and oxygen atoms in total. The van der Waals surface area contributed by atoms with Gasteiger partial charge in [-0.2, -0.15) is 13.2 Å². The van der Waals surface area contributed by atoms with E-state index < -0.39 is 23.9 Å². The average Bonchev–Trinajstić information content (AvgIpc) is 3.31. The van der Waals surface area contributed by atoms with E-state index in [4.69, 9.17) is 9.47 Å². The van der Waals surface area contributed by atoms with Crippen LogP contribution in [0.5, 0.6) is 0 Å². The summed E-state index contributed by atoms with van der Waals surface area (Å²) in [5.41, 5.74) is -1.68. The normalized spacial score (nSPS) is 36.1. The van der Waals surface area contributed by atoms with Gasteiger partial charge in [-0.3, -0.25) is 0 Å². The third-order valence-corrected chi connectivity index (χ3v) is 12.7. The zero-order chi connectivity index (χ0) is 31.2. The Labute approximate surface area is 257 Å². The van der Waals surface area contributed by atoms with E-state index in [1.54, 1.807) is 6.07 Å². The van der Waals surface area contributed by atoms with Crippen LogP contribution < -0.4 is 0 Å². The van der Waals surface area contributed by atoms with Gasteiger partial charge >= 0.3 is 12.1 Å². The Kier molecular flexibility index (Phi) is 9.22. The lowest BCUT2D eigenvalue weighted by Gasteiger charge is -2.58. The number of hydrogen-bond donors (Lipinski definition) is 0. The fourth-order valence-corrected chi connectivity index (χ4v) is 10.4. The molecule has 4 aliphatic carbocycles. The maximum Gasteiger partial charge on any atom is 0.432 e. The van der Waals surface area contributed by atoms with Gasteiger partial charge in [0.15, 0.2) is 0 Å². The van der Waals surface area contributed by atoms with Gasteiger partial charge in [-0.15, -0.1) is 0 Å². The van der Waals surface area contributed by atoms with Crippen LogP contribution in [-0.4, -0.2) is 25.4 Å². The largest absolute Gasteiger partial charge is 0.459 e. The molecule has 6 heteroatoms. The Bertz CT molecular complexity index is 1160. The third-order valence-electron chi connectivity index (χ3n) is 12.7. The molecule has 3 fully saturated rings. The highest BCUT2D eigenvalue weighted by Crippen LogP contribution is 2.67. The predicted molar refractivity (Wildman–Crippen MR) is 164 cm³/mol. The van der Waals surface area contributed by atoms with E-state index in [2.05, 4.69) is 40.7 Å². The highest BCUT2D eigenvalue weighted by molar-refractivity contribution is 5.83. The van der Waals surface area contributed by atoms with Crippen LogP contribution in [-0.2, 0) is 19.9 Å². The van der Waals surface area contributed by atoms with Crippen molar-refractivity contribution >= 4 is 5.97 Å². The van der Waals surface area contributed by atoms with Crippen LogP contribution in [0.25, 0.3) is 0 Å². The van der Waals surface area contributed by atoms with E-state index in [1.807, 2.05) is 0 Å². The second kappa shape index (κ2) is 12.2. The molecular weight excluding hydrogens is 549 g/mol. The fourth-order valence-electron chi connectivity index (χ4n) is 10.4. The fraction of sp³-hybridized carbons (Fsp3) is 0.757. The number of alkyl halides is 3. The number of esters is 1. The molecule has 0 aliphatic heterocycles. The molecule has 5 rings (SSSR count). The zero-order valence-electron chi connectivity index (χ0n) is 27.1. The lowest BCUT2D eigenvalue weighted by Crippen LogP contribution is -2.53. The van der Waals surface area contributed by atoms with Gasteiger partial charge in [-0.1, -0.05) is 95.9 Å². The number of hydrogen-bond acceptors (Lipinski definition) is 3. The Balaban J connectivity index is 1.29. The standard InChI is InChI=1S/C37H53F3O3/c1-24(2)11-10-12-25(3)30-17-18-31-29-16-15-27-23-28(19-21-34(27,4)32(29)20-22-35(30,31)5)43-33(41)36(42-6,37(38,39)40)26-13-8-7-9-14-26/h7-9,13-15,24-25,28-32H,10-12,16-23H2,1-6H3/t25-,28+,29+,30-,31+,32+,34+,35-,36-/m1/s1. The lowest BCUT2D eigenvalue weighted by atomic mass is 9.47. The summed E-state index contributed by atoms with van der Waals surface area (Å²) in [5.74, 6) is 2.98. The van der Waals surface area contributed by atoms with Crippen LogP contribution in [0, 0.1) is 46.3 Å². The molecule has 0 amide bonds. The summed E-state index contributed by atoms with van der Waals surface area (Å²) in [5, 5.41) is 0. The minimum atomic E-state index is -4.96. The first-order valence-corrected chi connectivity index (χ1v) is 16.9. The van der Waals surface area contributed by atoms with Crippen molar-refractivity contribution in [2.24, 2.45) is 46.3 Å². The summed E-state index contributed by atoms with van der Waals surface area (Å²) >= 11 is 0. The van der Waals surface area contributed by atoms with Gasteiger partial charge in [0.25, 0.3) is 5.60 Å². The van der Waals surface area contributed by atoms with Crippen molar-refractivity contribution in [1.29, 1.82) is 0 Å². The number of benzene rings is 1. The summed E-state index contributed by atoms with van der Waals surface area (Å²) in [7, 11) is 0.931. The molecule has 1 aromatic rings. The summed E-state index contributed by atoms with van der Waals surface area (Å²) in [6.45, 7) is 12.1. The molecule has 1 aromatic carbocycles. The van der Waals surface area contributed by atoms with E-state index in [-0.39, 0.29) is 11.0 Å². The van der Waals surface area contributed by atoms with E-state index in [1.165, 1.54) is 74.8 Å². The molecule has 0 N–H and O–H groups in total. The predicted octanol–water partition coefficient (Wildman–Crippen LogP) is 10.0. The Morgan fingerprint density at radius 1 is 0.977 bits per heavy atom. The van der Waals surface area contributed by atoms with Crippen LogP contribution in [0.15, 0.2) is 42.0 Å². The molecule has 0 heterocycles. The number of halogens is 3. The van der Waals surface area contributed by atoms with E-state index in [0.29, 0.717) is 30.1 Å². The maximum atomic E-state index is 14.5. The number of ether oxygens (including phenoxy) is 2. The summed E-state index contributed by atoms with van der Waals surface area (Å²) < 4.78 is 54.0. The molecular formula is C37H53F3O3. The van der Waals surface area contributed by atoms with Crippen molar-refractivity contribution in [2.75, 3.05) is 7.11 Å². The number of allylic oxidation sites excluding steroid dienone is 1. The third kappa shape index (κ3) is 5.61. The molecule has 3 saturated carbocycles. The monoisotopic (exact) mass is 602 g/mol. The van der Waals surface area contributed by atoms with Crippen LogP contribution in [0.2, 0.25) is 0 Å². The van der Waals surface area contributed by atoms with Crippen LogP contribution in [0.1, 0.15) is 111 Å². The molecule has 240 valence electrons. The summed E-state index contributed by atoms with van der Waals surface area (Å²) in [4.78, 5) is 13.3. The van der Waals surface area contributed by atoms with Crippen molar-refractivity contribution in [3.05, 3.63) is 47.5 Å². The van der Waals surface area contributed by atoms with E-state index in [0.717, 1.165) is 43.6 Å². The van der Waals surface area contributed by atoms with Crippen molar-refractivity contribution in [3.8, 4) is 0 Å². The molecule has 0 aromatic heterocycles. The van der Waals surface area contributed by atoms with Crippen molar-refractivity contribution in [2.45, 2.75) is 123 Å². The highest BCUT2D eigenvalue weighted by Gasteiger charge is 2.65. The second-order valence-corrected chi connectivity index (χ2v) is 15.3. The van der Waals surface area contributed by atoms with Crippen LogP contribution in [0.4, 0.5) is 13.2 Å². The average molecular weight is 603 g/mol. The minimum absolute atomic E-state index is 0.0237. The maximum absolute atomic E-state index is 14.5. The molecule has 0 radical (unpaired) electrons. The Hall–Kier alpha value is -1.82. The van der Waals surface area contributed by atoms with Crippen molar-refractivity contribution in [3.63, 3.8) is 0 Å². The van der Waals surface area contributed by atoms with Gasteiger partial charge < -0.3 is 9.47 Å². The quantitative estimate of drug-likeness (QED) is 0.208. The smallest absolute Gasteiger partial charge is 0.432 e. The summed E-state index contributed by atoms with van der Waals surface area (Å²) in [6, 6.07) is 7.12. The first kappa shape index (κ1) is 32.6. The first-order valence-electron chi connectivity index (χ1n) is 16.9. The molecule has 43 heavy (non-hydrogen) atoms. The van der Waals surface area contributed by atoms with Crippen LogP contribution in [0.3, 0.4) is 0 Å². The van der Waals surface area contributed by atoms with Crippen molar-refractivity contribution < 1.29 is 27.4 Å². The van der Waals surface area contributed by atoms with Gasteiger partial charge in [-0.05, 0) is 91.3 Å². The van der Waals surface area contributed by atoms with E-state index >= 15 is 0 Å². The topological polar surface area (TPSA) is 35.5 Å². The molecule has 0 unspecified atom stereocenters. The lowest BCUT2D eigenvalue weighted by molar-refractivity contribution is -0.278. The summed E-state index contributed by atoms with van der Waals surface area (Å²) in [6.07, 6.45) is 8.97. The molecule has 0 spiro atoms. The van der Waals surface area contributed by atoms with Gasteiger partial charge in [0.2, 0.25) is 0 Å². The molecule has 0 saturated heterocycles. The number of carbonyl (C=O) groups is 1. The van der Waals surface area contributed by atoms with Gasteiger partial charge in [0.1, 0.15) is 6.10 Å². The molecule has 9 atom stereocenters. The molecule has 4 aliphatic rings.